The molecule has 0 saturated heterocycles. The van der Waals surface area contributed by atoms with Crippen LogP contribution in [0.5, 0.6) is 0 Å². The quantitative estimate of drug-likeness (QED) is 0.460. The van der Waals surface area contributed by atoms with Crippen LogP contribution < -0.4 is 16.4 Å². The number of amides is 3. The molecule has 9 nitrogen and oxygen atoms in total. The molecular formula is C20H29N3O6. The molecule has 0 heterocycles. The molecule has 0 aliphatic carbocycles. The smallest absolute Gasteiger partial charge is 0.408 e. The zero-order valence-corrected chi connectivity index (χ0v) is 16.9. The Bertz CT molecular complexity index is 715. The Kier molecular flexibility index (Phi) is 9.11. The van der Waals surface area contributed by atoms with E-state index in [2.05, 4.69) is 10.6 Å². The van der Waals surface area contributed by atoms with Crippen LogP contribution in [0.15, 0.2) is 30.3 Å². The summed E-state index contributed by atoms with van der Waals surface area (Å²) in [4.78, 5) is 47.1. The van der Waals surface area contributed by atoms with Crippen LogP contribution in [0.3, 0.4) is 0 Å². The minimum Gasteiger partial charge on any atom is -0.480 e. The van der Waals surface area contributed by atoms with E-state index < -0.39 is 41.6 Å². The van der Waals surface area contributed by atoms with Crippen molar-refractivity contribution in [2.75, 3.05) is 0 Å². The van der Waals surface area contributed by atoms with E-state index in [-0.39, 0.29) is 19.3 Å². The van der Waals surface area contributed by atoms with Crippen LogP contribution in [0.2, 0.25) is 0 Å². The first-order valence-corrected chi connectivity index (χ1v) is 9.33. The van der Waals surface area contributed by atoms with Crippen molar-refractivity contribution in [2.45, 2.75) is 64.1 Å². The summed E-state index contributed by atoms with van der Waals surface area (Å²) in [5, 5.41) is 14.1. The van der Waals surface area contributed by atoms with E-state index in [1.807, 2.05) is 30.3 Å². The van der Waals surface area contributed by atoms with Gasteiger partial charge in [-0.3, -0.25) is 9.59 Å². The highest BCUT2D eigenvalue weighted by molar-refractivity contribution is 5.89. The van der Waals surface area contributed by atoms with E-state index in [0.717, 1.165) is 5.56 Å². The predicted molar refractivity (Wildman–Crippen MR) is 106 cm³/mol. The normalized spacial score (nSPS) is 13.1. The van der Waals surface area contributed by atoms with Crippen LogP contribution in [-0.4, -0.2) is 46.7 Å². The second-order valence-corrected chi connectivity index (χ2v) is 7.63. The standard InChI is InChI=1S/C20H29N3O6/c1-20(2,3)29-19(28)23-14(10-9-13-7-5-4-6-8-13)17(25)22-15(18(26)27)11-12-16(21)24/h4-8,14-15H,9-12H2,1-3H3,(H2,21,24)(H,22,25)(H,23,28)(H,26,27)/t14-,15+/m1/s1. The van der Waals surface area contributed by atoms with Crippen molar-refractivity contribution in [1.82, 2.24) is 10.6 Å². The molecule has 9 heteroatoms. The van der Waals surface area contributed by atoms with E-state index in [0.29, 0.717) is 6.42 Å². The van der Waals surface area contributed by atoms with Gasteiger partial charge in [-0.1, -0.05) is 30.3 Å². The zero-order valence-electron chi connectivity index (χ0n) is 16.9. The predicted octanol–water partition coefficient (Wildman–Crippen LogP) is 1.35. The summed E-state index contributed by atoms with van der Waals surface area (Å²) in [5.74, 6) is -2.64. The molecule has 0 unspecified atom stereocenters. The lowest BCUT2D eigenvalue weighted by molar-refractivity contribution is -0.142. The van der Waals surface area contributed by atoms with Gasteiger partial charge in [0, 0.05) is 6.42 Å². The van der Waals surface area contributed by atoms with Gasteiger partial charge in [-0.2, -0.15) is 0 Å². The molecule has 29 heavy (non-hydrogen) atoms. The molecule has 0 radical (unpaired) electrons. The third-order valence-corrected chi connectivity index (χ3v) is 3.87. The van der Waals surface area contributed by atoms with Gasteiger partial charge in [0.2, 0.25) is 11.8 Å². The lowest BCUT2D eigenvalue weighted by atomic mass is 10.0. The number of carbonyl (C=O) groups excluding carboxylic acids is 3. The number of alkyl carbamates (subject to hydrolysis) is 1. The number of carbonyl (C=O) groups is 4. The largest absolute Gasteiger partial charge is 0.480 e. The molecular weight excluding hydrogens is 378 g/mol. The van der Waals surface area contributed by atoms with Crippen LogP contribution in [0.25, 0.3) is 0 Å². The van der Waals surface area contributed by atoms with Crippen molar-refractivity contribution >= 4 is 23.9 Å². The Balaban J connectivity index is 2.85. The molecule has 0 saturated carbocycles. The van der Waals surface area contributed by atoms with E-state index in [1.165, 1.54) is 0 Å². The first kappa shape index (κ1) is 23.9. The second kappa shape index (κ2) is 11.0. The van der Waals surface area contributed by atoms with Gasteiger partial charge >= 0.3 is 12.1 Å². The van der Waals surface area contributed by atoms with Crippen molar-refractivity contribution < 1.29 is 29.0 Å². The third-order valence-electron chi connectivity index (χ3n) is 3.87. The number of nitrogens with two attached hydrogens (primary N) is 1. The van der Waals surface area contributed by atoms with E-state index in [9.17, 15) is 24.3 Å². The molecule has 1 aromatic carbocycles. The summed E-state index contributed by atoms with van der Waals surface area (Å²) >= 11 is 0. The fraction of sp³-hybridized carbons (Fsp3) is 0.500. The fourth-order valence-electron chi connectivity index (χ4n) is 2.49. The summed E-state index contributed by atoms with van der Waals surface area (Å²) in [7, 11) is 0. The number of carboxylic acid groups (broad SMARTS) is 1. The van der Waals surface area contributed by atoms with Gasteiger partial charge in [-0.05, 0) is 45.6 Å². The van der Waals surface area contributed by atoms with Gasteiger partial charge < -0.3 is 26.2 Å². The first-order chi connectivity index (χ1) is 13.5. The maximum absolute atomic E-state index is 12.7. The van der Waals surface area contributed by atoms with E-state index in [4.69, 9.17) is 10.5 Å². The number of primary amides is 1. The highest BCUT2D eigenvalue weighted by Crippen LogP contribution is 2.10. The van der Waals surface area contributed by atoms with Gasteiger partial charge in [-0.15, -0.1) is 0 Å². The van der Waals surface area contributed by atoms with Gasteiger partial charge in [-0.25, -0.2) is 9.59 Å². The van der Waals surface area contributed by atoms with Crippen molar-refractivity contribution in [3.8, 4) is 0 Å². The van der Waals surface area contributed by atoms with Crippen LogP contribution in [-0.2, 0) is 25.5 Å². The molecule has 0 aliphatic heterocycles. The van der Waals surface area contributed by atoms with Crippen molar-refractivity contribution in [3.63, 3.8) is 0 Å². The summed E-state index contributed by atoms with van der Waals surface area (Å²) in [6.07, 6.45) is -0.403. The molecule has 1 rings (SSSR count). The molecule has 3 amide bonds. The number of ether oxygens (including phenoxy) is 1. The number of hydrogen-bond donors (Lipinski definition) is 4. The maximum Gasteiger partial charge on any atom is 0.408 e. The number of nitrogens with one attached hydrogen (secondary N) is 2. The number of hydrogen-bond acceptors (Lipinski definition) is 5. The summed E-state index contributed by atoms with van der Waals surface area (Å²) in [6.45, 7) is 5.07. The Morgan fingerprint density at radius 1 is 1.03 bits per heavy atom. The van der Waals surface area contributed by atoms with Gasteiger partial charge in [0.05, 0.1) is 0 Å². The molecule has 0 aliphatic rings. The van der Waals surface area contributed by atoms with E-state index in [1.54, 1.807) is 20.8 Å². The lowest BCUT2D eigenvalue weighted by Crippen LogP contribution is -2.52. The fourth-order valence-corrected chi connectivity index (χ4v) is 2.49. The highest BCUT2D eigenvalue weighted by atomic mass is 16.6. The van der Waals surface area contributed by atoms with Crippen LogP contribution in [0, 0.1) is 0 Å². The number of carboxylic acids is 1. The summed E-state index contributed by atoms with van der Waals surface area (Å²) < 4.78 is 5.19. The molecule has 160 valence electrons. The number of aryl methyl sites for hydroxylation is 1. The van der Waals surface area contributed by atoms with Gasteiger partial charge in [0.25, 0.3) is 0 Å². The Labute approximate surface area is 170 Å². The van der Waals surface area contributed by atoms with Crippen molar-refractivity contribution in [2.24, 2.45) is 5.73 Å². The van der Waals surface area contributed by atoms with Crippen LogP contribution in [0.1, 0.15) is 45.6 Å². The SMILES string of the molecule is CC(C)(C)OC(=O)N[C@H](CCc1ccccc1)C(=O)N[C@@H](CCC(N)=O)C(=O)O. The first-order valence-electron chi connectivity index (χ1n) is 9.33. The van der Waals surface area contributed by atoms with Crippen LogP contribution >= 0.6 is 0 Å². The number of benzene rings is 1. The summed E-state index contributed by atoms with van der Waals surface area (Å²) in [6, 6.07) is 7.04. The molecule has 0 aromatic heterocycles. The topological polar surface area (TPSA) is 148 Å². The zero-order chi connectivity index (χ0) is 22.0. The Morgan fingerprint density at radius 2 is 1.66 bits per heavy atom. The monoisotopic (exact) mass is 407 g/mol. The molecule has 5 N–H and O–H groups in total. The van der Waals surface area contributed by atoms with E-state index >= 15 is 0 Å². The van der Waals surface area contributed by atoms with Gasteiger partial charge in [0.1, 0.15) is 17.7 Å². The minimum absolute atomic E-state index is 0.145. The van der Waals surface area contributed by atoms with Crippen LogP contribution in [0.4, 0.5) is 4.79 Å². The van der Waals surface area contributed by atoms with Gasteiger partial charge in [0.15, 0.2) is 0 Å². The second-order valence-electron chi connectivity index (χ2n) is 7.63. The Morgan fingerprint density at radius 3 is 2.17 bits per heavy atom. The number of rotatable bonds is 10. The van der Waals surface area contributed by atoms with Crippen molar-refractivity contribution in [1.29, 1.82) is 0 Å². The highest BCUT2D eigenvalue weighted by Gasteiger charge is 2.28. The molecule has 0 fully saturated rings. The molecule has 0 bridgehead atoms. The lowest BCUT2D eigenvalue weighted by Gasteiger charge is -2.24. The average molecular weight is 407 g/mol. The Hall–Kier alpha value is -3.10. The van der Waals surface area contributed by atoms with Crippen molar-refractivity contribution in [3.05, 3.63) is 35.9 Å². The molecule has 2 atom stereocenters. The number of aliphatic carboxylic acids is 1. The average Bonchev–Trinajstić information content (AvgIpc) is 2.60. The third kappa shape index (κ3) is 10.1. The summed E-state index contributed by atoms with van der Waals surface area (Å²) in [5.41, 5.74) is 5.25. The molecule has 1 aromatic rings. The molecule has 0 spiro atoms. The minimum atomic E-state index is -1.30. The maximum atomic E-state index is 12.7.